The van der Waals surface area contributed by atoms with Crippen LogP contribution in [0.1, 0.15) is 94.5 Å². The molecular weight excluding hydrogens is 436 g/mol. The van der Waals surface area contributed by atoms with Crippen LogP contribution in [0.2, 0.25) is 0 Å². The van der Waals surface area contributed by atoms with Crippen LogP contribution >= 0.6 is 0 Å². The molecule has 2 aromatic heterocycles. The summed E-state index contributed by atoms with van der Waals surface area (Å²) in [6.07, 6.45) is 19.4. The van der Waals surface area contributed by atoms with Gasteiger partial charge >= 0.3 is 0 Å². The minimum atomic E-state index is -0.0590. The average Bonchev–Trinajstić information content (AvgIpc) is 3.27. The highest BCUT2D eigenvalue weighted by Crippen LogP contribution is 2.26. The number of amides is 1. The Morgan fingerprint density at radius 3 is 2.46 bits per heavy atom. The van der Waals surface area contributed by atoms with Gasteiger partial charge in [-0.3, -0.25) is 4.79 Å². The number of rotatable bonds is 12. The van der Waals surface area contributed by atoms with Crippen molar-refractivity contribution in [2.75, 3.05) is 32.7 Å². The van der Waals surface area contributed by atoms with Gasteiger partial charge in [0.25, 0.3) is 5.91 Å². The van der Waals surface area contributed by atoms with Gasteiger partial charge in [-0.1, -0.05) is 51.3 Å². The molecule has 0 aromatic carbocycles. The lowest BCUT2D eigenvalue weighted by atomic mass is 10.0. The van der Waals surface area contributed by atoms with Gasteiger partial charge < -0.3 is 14.4 Å². The van der Waals surface area contributed by atoms with Crippen LogP contribution in [0.4, 0.5) is 0 Å². The minimum absolute atomic E-state index is 0.0590. The average molecular weight is 479 g/mol. The summed E-state index contributed by atoms with van der Waals surface area (Å²) < 4.78 is 2.24. The second-order valence-corrected chi connectivity index (χ2v) is 9.90. The maximum atomic E-state index is 13.4. The van der Waals surface area contributed by atoms with Gasteiger partial charge in [0, 0.05) is 19.6 Å². The Morgan fingerprint density at radius 1 is 1.00 bits per heavy atom. The van der Waals surface area contributed by atoms with E-state index < -0.39 is 0 Å². The lowest BCUT2D eigenvalue weighted by Gasteiger charge is -2.26. The Morgan fingerprint density at radius 2 is 1.77 bits per heavy atom. The molecule has 1 aliphatic heterocycles. The van der Waals surface area contributed by atoms with Crippen molar-refractivity contribution in [1.29, 1.82) is 0 Å². The number of imidazole rings is 1. The number of allylic oxidation sites excluding steroid dienone is 4. The van der Waals surface area contributed by atoms with Crippen molar-refractivity contribution in [2.45, 2.75) is 84.6 Å². The van der Waals surface area contributed by atoms with Crippen molar-refractivity contribution in [1.82, 2.24) is 29.3 Å². The molecular formula is C28H42N6O. The molecule has 7 heteroatoms. The zero-order chi connectivity index (χ0) is 24.5. The second kappa shape index (κ2) is 13.0. The summed E-state index contributed by atoms with van der Waals surface area (Å²) in [4.78, 5) is 32.1. The predicted octanol–water partition coefficient (Wildman–Crippen LogP) is 5.48. The van der Waals surface area contributed by atoms with Crippen molar-refractivity contribution >= 4 is 22.6 Å². The van der Waals surface area contributed by atoms with E-state index >= 15 is 0 Å². The number of unbranched alkanes of at least 4 members (excludes halogenated alkanes) is 2. The molecule has 35 heavy (non-hydrogen) atoms. The molecule has 3 heterocycles. The summed E-state index contributed by atoms with van der Waals surface area (Å²) in [6.45, 7) is 10.2. The molecule has 1 aliphatic carbocycles. The number of carbonyl (C=O) groups excluding carboxylic acids is 1. The maximum Gasteiger partial charge on any atom is 0.291 e. The van der Waals surface area contributed by atoms with Gasteiger partial charge in [0.15, 0.2) is 5.65 Å². The summed E-state index contributed by atoms with van der Waals surface area (Å²) in [7, 11) is 0. The van der Waals surface area contributed by atoms with Crippen LogP contribution in [0.5, 0.6) is 0 Å². The number of fused-ring (bicyclic) bond motifs is 1. The molecule has 190 valence electrons. The largest absolute Gasteiger partial charge is 0.336 e. The van der Waals surface area contributed by atoms with E-state index in [1.807, 2.05) is 4.90 Å². The van der Waals surface area contributed by atoms with Crippen molar-refractivity contribution in [3.63, 3.8) is 0 Å². The van der Waals surface area contributed by atoms with Gasteiger partial charge in [-0.2, -0.15) is 0 Å². The first-order chi connectivity index (χ1) is 17.2. The number of aromatic nitrogens is 4. The number of hydrogen-bond acceptors (Lipinski definition) is 5. The Balaban J connectivity index is 1.61. The SMILES string of the molecule is CCCCN(CCCC)C(=O)c1ncc2nc(C3=CC=CCC3)n(CCCN3CCCCC3)c2n1. The number of aryl methyl sites for hydroxylation is 1. The monoisotopic (exact) mass is 478 g/mol. The van der Waals surface area contributed by atoms with Crippen molar-refractivity contribution in [3.8, 4) is 0 Å². The van der Waals surface area contributed by atoms with Crippen LogP contribution < -0.4 is 0 Å². The molecule has 1 fully saturated rings. The highest BCUT2D eigenvalue weighted by molar-refractivity contribution is 5.92. The van der Waals surface area contributed by atoms with Crippen molar-refractivity contribution in [2.24, 2.45) is 0 Å². The van der Waals surface area contributed by atoms with Crippen LogP contribution in [-0.2, 0) is 6.54 Å². The third-order valence-electron chi connectivity index (χ3n) is 7.14. The molecule has 0 saturated carbocycles. The normalized spacial score (nSPS) is 16.6. The molecule has 2 aromatic rings. The molecule has 0 N–H and O–H groups in total. The summed E-state index contributed by atoms with van der Waals surface area (Å²) >= 11 is 0. The third-order valence-corrected chi connectivity index (χ3v) is 7.14. The highest BCUT2D eigenvalue weighted by Gasteiger charge is 2.22. The molecule has 1 amide bonds. The number of hydrogen-bond donors (Lipinski definition) is 0. The van der Waals surface area contributed by atoms with Crippen LogP contribution in [0.15, 0.2) is 24.4 Å². The third kappa shape index (κ3) is 6.57. The topological polar surface area (TPSA) is 67.2 Å². The zero-order valence-corrected chi connectivity index (χ0v) is 21.7. The van der Waals surface area contributed by atoms with E-state index in [-0.39, 0.29) is 5.91 Å². The number of carbonyl (C=O) groups is 1. The summed E-state index contributed by atoms with van der Waals surface area (Å²) in [6, 6.07) is 0. The summed E-state index contributed by atoms with van der Waals surface area (Å²) in [5, 5.41) is 0. The smallest absolute Gasteiger partial charge is 0.291 e. The number of likely N-dealkylation sites (tertiary alicyclic amines) is 1. The lowest BCUT2D eigenvalue weighted by molar-refractivity contribution is 0.0739. The Hall–Kier alpha value is -2.54. The fourth-order valence-electron chi connectivity index (χ4n) is 5.06. The van der Waals surface area contributed by atoms with Crippen molar-refractivity contribution in [3.05, 3.63) is 36.1 Å². The van der Waals surface area contributed by atoms with Crippen molar-refractivity contribution < 1.29 is 4.79 Å². The van der Waals surface area contributed by atoms with E-state index in [0.717, 1.165) is 88.1 Å². The summed E-state index contributed by atoms with van der Waals surface area (Å²) in [5.74, 6) is 1.22. The van der Waals surface area contributed by atoms with Gasteiger partial charge in [-0.05, 0) is 70.2 Å². The summed E-state index contributed by atoms with van der Waals surface area (Å²) in [5.41, 5.74) is 2.81. The molecule has 0 atom stereocenters. The Bertz CT molecular complexity index is 1030. The molecule has 0 spiro atoms. The number of nitrogens with zero attached hydrogens (tertiary/aromatic N) is 6. The van der Waals surface area contributed by atoms with Gasteiger partial charge in [0.2, 0.25) is 5.82 Å². The highest BCUT2D eigenvalue weighted by atomic mass is 16.2. The Kier molecular flexibility index (Phi) is 9.46. The lowest BCUT2D eigenvalue weighted by Crippen LogP contribution is -2.34. The van der Waals surface area contributed by atoms with Crippen LogP contribution in [0.25, 0.3) is 16.7 Å². The molecule has 0 radical (unpaired) electrons. The van der Waals surface area contributed by atoms with E-state index in [1.165, 1.54) is 37.9 Å². The fourth-order valence-corrected chi connectivity index (χ4v) is 5.06. The Labute approximate surface area is 210 Å². The van der Waals surface area contributed by atoms with Gasteiger partial charge in [0.05, 0.1) is 6.20 Å². The van der Waals surface area contributed by atoms with Crippen LogP contribution in [0.3, 0.4) is 0 Å². The van der Waals surface area contributed by atoms with E-state index in [1.54, 1.807) is 6.20 Å². The maximum absolute atomic E-state index is 13.4. The van der Waals surface area contributed by atoms with Crippen LogP contribution in [0, 0.1) is 0 Å². The van der Waals surface area contributed by atoms with Gasteiger partial charge in [-0.25, -0.2) is 15.0 Å². The molecule has 2 aliphatic rings. The fraction of sp³-hybridized carbons (Fsp3) is 0.643. The second-order valence-electron chi connectivity index (χ2n) is 9.90. The number of piperidine rings is 1. The first-order valence-corrected chi connectivity index (χ1v) is 13.8. The molecule has 7 nitrogen and oxygen atoms in total. The minimum Gasteiger partial charge on any atom is -0.336 e. The molecule has 0 bridgehead atoms. The first-order valence-electron chi connectivity index (χ1n) is 13.8. The van der Waals surface area contributed by atoms with E-state index in [0.29, 0.717) is 5.82 Å². The van der Waals surface area contributed by atoms with E-state index in [4.69, 9.17) is 9.97 Å². The predicted molar refractivity (Wildman–Crippen MR) is 142 cm³/mol. The molecule has 4 rings (SSSR count). The molecule has 0 unspecified atom stereocenters. The van der Waals surface area contributed by atoms with Gasteiger partial charge in [0.1, 0.15) is 11.3 Å². The van der Waals surface area contributed by atoms with E-state index in [9.17, 15) is 4.79 Å². The quantitative estimate of drug-likeness (QED) is 0.404. The van der Waals surface area contributed by atoms with Crippen LogP contribution in [-0.4, -0.2) is 67.9 Å². The zero-order valence-electron chi connectivity index (χ0n) is 21.7. The molecule has 1 saturated heterocycles. The standard InChI is InChI=1S/C28H42N6O/c1-3-5-19-33(20-6-4-2)28(35)25-29-22-24-27(31-25)34(21-13-18-32-16-11-8-12-17-32)26(30-24)23-14-9-7-10-15-23/h7,9,14,22H,3-6,8,10-13,15-21H2,1-2H3. The van der Waals surface area contributed by atoms with E-state index in [2.05, 4.69) is 46.5 Å². The van der Waals surface area contributed by atoms with Gasteiger partial charge in [-0.15, -0.1) is 0 Å². The first kappa shape index (κ1) is 25.5.